The second-order valence-corrected chi connectivity index (χ2v) is 2.96. The fourth-order valence-corrected chi connectivity index (χ4v) is 0.411. The van der Waals surface area contributed by atoms with Crippen LogP contribution in [0.5, 0.6) is 0 Å². The first-order valence-electron chi connectivity index (χ1n) is 3.06. The van der Waals surface area contributed by atoms with Gasteiger partial charge in [-0.25, -0.2) is 0 Å². The summed E-state index contributed by atoms with van der Waals surface area (Å²) in [5, 5.41) is 9.17. The number of hydrogen-bond donors (Lipinski definition) is 2. The zero-order chi connectivity index (χ0) is 7.49. The monoisotopic (exact) mass is 129 g/mol. The molecule has 3 N–H and O–H groups in total. The molecule has 0 aliphatic heterocycles. The third-order valence-electron chi connectivity index (χ3n) is 0.924. The van der Waals surface area contributed by atoms with E-state index in [0.29, 0.717) is 6.42 Å². The SMILES string of the molecule is C/C(N)=C\CC(C)(C)O. The second-order valence-electron chi connectivity index (χ2n) is 2.96. The van der Waals surface area contributed by atoms with E-state index >= 15 is 0 Å². The minimum absolute atomic E-state index is 0.620. The topological polar surface area (TPSA) is 46.2 Å². The summed E-state index contributed by atoms with van der Waals surface area (Å²) in [6.45, 7) is 5.32. The molecule has 0 aromatic rings. The highest BCUT2D eigenvalue weighted by Crippen LogP contribution is 2.07. The Morgan fingerprint density at radius 2 is 2.11 bits per heavy atom. The Hall–Kier alpha value is -0.500. The molecule has 0 atom stereocenters. The Labute approximate surface area is 56.4 Å². The average molecular weight is 129 g/mol. The summed E-state index contributed by atoms with van der Waals surface area (Å²) >= 11 is 0. The fourth-order valence-electron chi connectivity index (χ4n) is 0.411. The van der Waals surface area contributed by atoms with Gasteiger partial charge >= 0.3 is 0 Å². The normalized spacial score (nSPS) is 14.0. The molecular formula is C7H15NO. The summed E-state index contributed by atoms with van der Waals surface area (Å²) in [6.07, 6.45) is 2.44. The van der Waals surface area contributed by atoms with Crippen molar-refractivity contribution in [1.29, 1.82) is 0 Å². The number of allylic oxidation sites excluding steroid dienone is 1. The lowest BCUT2D eigenvalue weighted by molar-refractivity contribution is 0.0837. The quantitative estimate of drug-likeness (QED) is 0.584. The molecule has 2 heteroatoms. The van der Waals surface area contributed by atoms with Crippen LogP contribution < -0.4 is 5.73 Å². The zero-order valence-corrected chi connectivity index (χ0v) is 6.31. The summed E-state index contributed by atoms with van der Waals surface area (Å²) in [5.41, 5.74) is 5.49. The van der Waals surface area contributed by atoms with Gasteiger partial charge in [-0.2, -0.15) is 0 Å². The van der Waals surface area contributed by atoms with Crippen molar-refractivity contribution in [2.24, 2.45) is 5.73 Å². The molecule has 0 bridgehead atoms. The van der Waals surface area contributed by atoms with Gasteiger partial charge in [0.25, 0.3) is 0 Å². The number of rotatable bonds is 2. The number of aliphatic hydroxyl groups is 1. The highest BCUT2D eigenvalue weighted by atomic mass is 16.3. The third-order valence-corrected chi connectivity index (χ3v) is 0.924. The van der Waals surface area contributed by atoms with E-state index in [1.807, 2.05) is 13.0 Å². The molecule has 2 nitrogen and oxygen atoms in total. The van der Waals surface area contributed by atoms with Gasteiger partial charge in [0.2, 0.25) is 0 Å². The van der Waals surface area contributed by atoms with Crippen LogP contribution in [-0.4, -0.2) is 10.7 Å². The van der Waals surface area contributed by atoms with Gasteiger partial charge in [0.15, 0.2) is 0 Å². The van der Waals surface area contributed by atoms with Gasteiger partial charge in [-0.05, 0) is 27.2 Å². The van der Waals surface area contributed by atoms with Crippen LogP contribution in [0.25, 0.3) is 0 Å². The maximum absolute atomic E-state index is 9.17. The van der Waals surface area contributed by atoms with Gasteiger partial charge in [0.05, 0.1) is 5.60 Å². The molecule has 0 aliphatic carbocycles. The molecule has 0 unspecified atom stereocenters. The maximum Gasteiger partial charge on any atom is 0.0626 e. The van der Waals surface area contributed by atoms with Crippen LogP contribution in [0.3, 0.4) is 0 Å². The van der Waals surface area contributed by atoms with Gasteiger partial charge in [-0.3, -0.25) is 0 Å². The lowest BCUT2D eigenvalue weighted by Gasteiger charge is -2.13. The van der Waals surface area contributed by atoms with Crippen molar-refractivity contribution in [3.63, 3.8) is 0 Å². The Morgan fingerprint density at radius 1 is 1.67 bits per heavy atom. The molecule has 0 aromatic heterocycles. The van der Waals surface area contributed by atoms with Gasteiger partial charge < -0.3 is 10.8 Å². The Kier molecular flexibility index (Phi) is 2.71. The maximum atomic E-state index is 9.17. The molecule has 9 heavy (non-hydrogen) atoms. The van der Waals surface area contributed by atoms with Crippen LogP contribution >= 0.6 is 0 Å². The summed E-state index contributed by atoms with van der Waals surface area (Å²) in [7, 11) is 0. The van der Waals surface area contributed by atoms with Gasteiger partial charge in [-0.1, -0.05) is 6.08 Å². The minimum Gasteiger partial charge on any atom is -0.403 e. The van der Waals surface area contributed by atoms with E-state index < -0.39 is 5.60 Å². The molecule has 0 aliphatic rings. The van der Waals surface area contributed by atoms with Gasteiger partial charge in [0.1, 0.15) is 0 Å². The molecule has 0 rings (SSSR count). The van der Waals surface area contributed by atoms with Crippen LogP contribution in [-0.2, 0) is 0 Å². The molecular weight excluding hydrogens is 114 g/mol. The molecule has 0 saturated heterocycles. The Bertz CT molecular complexity index is 107. The Balaban J connectivity index is 3.64. The molecule has 0 spiro atoms. The van der Waals surface area contributed by atoms with E-state index in [2.05, 4.69) is 0 Å². The molecule has 54 valence electrons. The van der Waals surface area contributed by atoms with Gasteiger partial charge in [0, 0.05) is 5.70 Å². The molecule has 0 radical (unpaired) electrons. The molecule has 0 heterocycles. The predicted molar refractivity (Wildman–Crippen MR) is 38.9 cm³/mol. The van der Waals surface area contributed by atoms with Crippen molar-refractivity contribution >= 4 is 0 Å². The van der Waals surface area contributed by atoms with Crippen molar-refractivity contribution in [3.8, 4) is 0 Å². The minimum atomic E-state index is -0.624. The van der Waals surface area contributed by atoms with Crippen molar-refractivity contribution in [1.82, 2.24) is 0 Å². The van der Waals surface area contributed by atoms with E-state index in [-0.39, 0.29) is 0 Å². The standard InChI is InChI=1S/C7H15NO/c1-6(8)4-5-7(2,3)9/h4,9H,5,8H2,1-3H3/b6-4+. The van der Waals surface area contributed by atoms with Crippen molar-refractivity contribution < 1.29 is 5.11 Å². The highest BCUT2D eigenvalue weighted by Gasteiger charge is 2.08. The summed E-state index contributed by atoms with van der Waals surface area (Å²) in [5.74, 6) is 0. The van der Waals surface area contributed by atoms with E-state index in [1.165, 1.54) is 0 Å². The van der Waals surface area contributed by atoms with Crippen molar-refractivity contribution in [2.75, 3.05) is 0 Å². The van der Waals surface area contributed by atoms with Crippen LogP contribution in [0.2, 0.25) is 0 Å². The summed E-state index contributed by atoms with van der Waals surface area (Å²) < 4.78 is 0. The first kappa shape index (κ1) is 8.50. The van der Waals surface area contributed by atoms with Crippen LogP contribution in [0, 0.1) is 0 Å². The van der Waals surface area contributed by atoms with Crippen LogP contribution in [0.15, 0.2) is 11.8 Å². The highest BCUT2D eigenvalue weighted by molar-refractivity contribution is 4.94. The second kappa shape index (κ2) is 2.87. The van der Waals surface area contributed by atoms with Crippen molar-refractivity contribution in [2.45, 2.75) is 32.8 Å². The largest absolute Gasteiger partial charge is 0.403 e. The van der Waals surface area contributed by atoms with E-state index in [0.717, 1.165) is 5.70 Å². The van der Waals surface area contributed by atoms with E-state index in [1.54, 1.807) is 13.8 Å². The summed E-state index contributed by atoms with van der Waals surface area (Å²) in [4.78, 5) is 0. The number of nitrogens with two attached hydrogens (primary N) is 1. The smallest absolute Gasteiger partial charge is 0.0626 e. The molecule has 0 amide bonds. The van der Waals surface area contributed by atoms with Crippen LogP contribution in [0.1, 0.15) is 27.2 Å². The zero-order valence-electron chi connectivity index (χ0n) is 6.31. The predicted octanol–water partition coefficient (Wildman–Crippen LogP) is 1.01. The first-order chi connectivity index (χ1) is 3.92. The molecule has 0 saturated carbocycles. The van der Waals surface area contributed by atoms with E-state index in [4.69, 9.17) is 10.8 Å². The summed E-state index contributed by atoms with van der Waals surface area (Å²) in [6, 6.07) is 0. The average Bonchev–Trinajstić information content (AvgIpc) is 1.59. The lowest BCUT2D eigenvalue weighted by atomic mass is 10.1. The van der Waals surface area contributed by atoms with E-state index in [9.17, 15) is 0 Å². The lowest BCUT2D eigenvalue weighted by Crippen LogP contribution is -2.17. The van der Waals surface area contributed by atoms with Gasteiger partial charge in [-0.15, -0.1) is 0 Å². The van der Waals surface area contributed by atoms with Crippen LogP contribution in [0.4, 0.5) is 0 Å². The number of hydrogen-bond acceptors (Lipinski definition) is 2. The molecule has 0 aromatic carbocycles. The first-order valence-corrected chi connectivity index (χ1v) is 3.06. The fraction of sp³-hybridized carbons (Fsp3) is 0.714. The third kappa shape index (κ3) is 7.50. The molecule has 0 fully saturated rings. The Morgan fingerprint density at radius 3 is 2.22 bits per heavy atom. The van der Waals surface area contributed by atoms with Crippen molar-refractivity contribution in [3.05, 3.63) is 11.8 Å².